The van der Waals surface area contributed by atoms with Crippen LogP contribution in [0.2, 0.25) is 0 Å². The summed E-state index contributed by atoms with van der Waals surface area (Å²) < 4.78 is 9.56. The van der Waals surface area contributed by atoms with Gasteiger partial charge in [0.25, 0.3) is 0 Å². The summed E-state index contributed by atoms with van der Waals surface area (Å²) in [5.74, 6) is 0. The van der Waals surface area contributed by atoms with E-state index >= 15 is 0 Å². The second-order valence-corrected chi connectivity index (χ2v) is 4.14. The Morgan fingerprint density at radius 2 is 1.00 bits per heavy atom. The molecular formula is C24H42O2. The molecule has 0 spiro atoms. The highest BCUT2D eigenvalue weighted by atomic mass is 16.6. The third-order valence-corrected chi connectivity index (χ3v) is 2.64. The fraction of sp³-hybridized carbons (Fsp3) is 0.500. The maximum absolute atomic E-state index is 4.82. The molecule has 3 rings (SSSR count). The molecule has 0 bridgehead atoms. The van der Waals surface area contributed by atoms with Gasteiger partial charge in [0.15, 0.2) is 0 Å². The molecule has 2 aromatic rings. The van der Waals surface area contributed by atoms with E-state index in [-0.39, 0.29) is 0 Å². The maximum Gasteiger partial charge on any atom is 0.104 e. The maximum atomic E-state index is 4.82. The number of ether oxygens (including phenoxy) is 2. The number of hydrogen-bond donors (Lipinski definition) is 0. The van der Waals surface area contributed by atoms with Crippen LogP contribution >= 0.6 is 0 Å². The van der Waals surface area contributed by atoms with Gasteiger partial charge in [-0.25, -0.2) is 0 Å². The minimum atomic E-state index is 0.426. The summed E-state index contributed by atoms with van der Waals surface area (Å²) in [6.45, 7) is 17.7. The van der Waals surface area contributed by atoms with Crippen LogP contribution in [0.3, 0.4) is 0 Å². The molecule has 2 aromatic carbocycles. The monoisotopic (exact) mass is 362 g/mol. The van der Waals surface area contributed by atoms with Crippen molar-refractivity contribution in [2.75, 3.05) is 20.3 Å². The van der Waals surface area contributed by atoms with Crippen LogP contribution in [0.25, 0.3) is 11.1 Å². The van der Waals surface area contributed by atoms with Gasteiger partial charge in [-0.05, 0) is 11.1 Å². The van der Waals surface area contributed by atoms with Gasteiger partial charge in [0, 0.05) is 7.11 Å². The molecule has 0 saturated carbocycles. The number of hydrogen-bond acceptors (Lipinski definition) is 2. The molecule has 150 valence electrons. The van der Waals surface area contributed by atoms with Crippen LogP contribution in [0.15, 0.2) is 60.7 Å². The highest BCUT2D eigenvalue weighted by molar-refractivity contribution is 5.62. The summed E-state index contributed by atoms with van der Waals surface area (Å²) in [4.78, 5) is 0. The van der Waals surface area contributed by atoms with Gasteiger partial charge in [-0.1, -0.05) is 116 Å². The Balaban J connectivity index is -0.000000321. The summed E-state index contributed by atoms with van der Waals surface area (Å²) in [7, 11) is 1.68. The number of rotatable bonds is 3. The van der Waals surface area contributed by atoms with Gasteiger partial charge in [0.2, 0.25) is 0 Å². The summed E-state index contributed by atoms with van der Waals surface area (Å²) in [5, 5.41) is 0. The van der Waals surface area contributed by atoms with Crippen molar-refractivity contribution in [2.45, 2.75) is 61.5 Å². The Morgan fingerprint density at radius 3 is 1.19 bits per heavy atom. The normalized spacial score (nSPS) is 12.4. The lowest BCUT2D eigenvalue weighted by Crippen LogP contribution is -1.94. The smallest absolute Gasteiger partial charge is 0.104 e. The van der Waals surface area contributed by atoms with E-state index in [2.05, 4.69) is 48.5 Å². The fourth-order valence-corrected chi connectivity index (χ4v) is 1.61. The van der Waals surface area contributed by atoms with Gasteiger partial charge in [0.1, 0.15) is 6.10 Å². The van der Waals surface area contributed by atoms with E-state index in [1.54, 1.807) is 7.11 Å². The largest absolute Gasteiger partial charge is 0.382 e. The topological polar surface area (TPSA) is 21.8 Å². The van der Waals surface area contributed by atoms with Crippen molar-refractivity contribution in [3.63, 3.8) is 0 Å². The standard InChI is InChI=1S/C12H10.C4H8O2.4C2H6/c1-3-7-11(8-4-1)12-9-5-2-6-10-12;1-5-2-4-3-6-4;4*1-2/h1-10H;4H,2-3H2,1H3;4*1-2H3. The van der Waals surface area contributed by atoms with E-state index in [0.717, 1.165) is 13.2 Å². The van der Waals surface area contributed by atoms with Crippen molar-refractivity contribution >= 4 is 0 Å². The summed E-state index contributed by atoms with van der Waals surface area (Å²) in [5.41, 5.74) is 2.55. The Bertz CT molecular complexity index is 399. The first kappa shape index (κ1) is 29.1. The van der Waals surface area contributed by atoms with E-state index in [0.29, 0.717) is 6.10 Å². The molecule has 2 nitrogen and oxygen atoms in total. The van der Waals surface area contributed by atoms with Crippen molar-refractivity contribution in [2.24, 2.45) is 0 Å². The van der Waals surface area contributed by atoms with Crippen LogP contribution in [0.5, 0.6) is 0 Å². The van der Waals surface area contributed by atoms with Gasteiger partial charge in [0.05, 0.1) is 13.2 Å². The van der Waals surface area contributed by atoms with Gasteiger partial charge in [-0.2, -0.15) is 0 Å². The summed E-state index contributed by atoms with van der Waals surface area (Å²) in [6, 6.07) is 20.8. The van der Waals surface area contributed by atoms with Gasteiger partial charge in [-0.15, -0.1) is 0 Å². The van der Waals surface area contributed by atoms with Gasteiger partial charge >= 0.3 is 0 Å². The number of benzene rings is 2. The van der Waals surface area contributed by atoms with E-state index in [1.807, 2.05) is 67.5 Å². The van der Waals surface area contributed by atoms with Gasteiger partial charge in [-0.3, -0.25) is 0 Å². The molecule has 1 saturated heterocycles. The van der Waals surface area contributed by atoms with Crippen molar-refractivity contribution in [1.29, 1.82) is 0 Å². The second kappa shape index (κ2) is 25.6. The lowest BCUT2D eigenvalue weighted by atomic mass is 10.1. The minimum Gasteiger partial charge on any atom is -0.382 e. The Morgan fingerprint density at radius 1 is 0.692 bits per heavy atom. The molecule has 0 amide bonds. The third-order valence-electron chi connectivity index (χ3n) is 2.64. The van der Waals surface area contributed by atoms with E-state index in [1.165, 1.54) is 11.1 Å². The fourth-order valence-electron chi connectivity index (χ4n) is 1.61. The minimum absolute atomic E-state index is 0.426. The van der Waals surface area contributed by atoms with Crippen LogP contribution in [0.4, 0.5) is 0 Å². The van der Waals surface area contributed by atoms with Crippen molar-refractivity contribution in [3.8, 4) is 11.1 Å². The molecule has 0 N–H and O–H groups in total. The molecule has 1 aliphatic rings. The summed E-state index contributed by atoms with van der Waals surface area (Å²) in [6.07, 6.45) is 0.426. The molecular weight excluding hydrogens is 320 g/mol. The van der Waals surface area contributed by atoms with Crippen LogP contribution in [0.1, 0.15) is 55.4 Å². The first-order chi connectivity index (χ1) is 12.9. The van der Waals surface area contributed by atoms with Crippen molar-refractivity contribution < 1.29 is 9.47 Å². The van der Waals surface area contributed by atoms with E-state index < -0.39 is 0 Å². The molecule has 1 aliphatic heterocycles. The highest BCUT2D eigenvalue weighted by Crippen LogP contribution is 2.17. The SMILES string of the molecule is CC.CC.CC.CC.COCC1CO1.c1ccc(-c2ccccc2)cc1. The molecule has 1 fully saturated rings. The molecule has 1 heterocycles. The average Bonchev–Trinajstić information content (AvgIpc) is 3.60. The first-order valence-electron chi connectivity index (χ1n) is 10.1. The molecule has 0 aromatic heterocycles. The summed E-state index contributed by atoms with van der Waals surface area (Å²) >= 11 is 0. The predicted octanol–water partition coefficient (Wildman–Crippen LogP) is 7.49. The zero-order valence-corrected chi connectivity index (χ0v) is 18.6. The Hall–Kier alpha value is -1.64. The quantitative estimate of drug-likeness (QED) is 0.527. The van der Waals surface area contributed by atoms with Crippen LogP contribution in [-0.4, -0.2) is 26.4 Å². The van der Waals surface area contributed by atoms with Crippen LogP contribution < -0.4 is 0 Å². The predicted molar refractivity (Wildman–Crippen MR) is 119 cm³/mol. The number of methoxy groups -OCH3 is 1. The lowest BCUT2D eigenvalue weighted by Gasteiger charge is -1.98. The highest BCUT2D eigenvalue weighted by Gasteiger charge is 2.21. The Kier molecular flexibility index (Phi) is 28.7. The molecule has 26 heavy (non-hydrogen) atoms. The van der Waals surface area contributed by atoms with Gasteiger partial charge < -0.3 is 9.47 Å². The first-order valence-corrected chi connectivity index (χ1v) is 10.1. The Labute approximate surface area is 163 Å². The molecule has 0 aliphatic carbocycles. The zero-order chi connectivity index (χ0) is 20.6. The van der Waals surface area contributed by atoms with Crippen molar-refractivity contribution in [3.05, 3.63) is 60.7 Å². The molecule has 2 heteroatoms. The molecule has 0 radical (unpaired) electrons. The number of epoxide rings is 1. The van der Waals surface area contributed by atoms with Crippen LogP contribution in [0, 0.1) is 0 Å². The lowest BCUT2D eigenvalue weighted by molar-refractivity contribution is 0.171. The van der Waals surface area contributed by atoms with Crippen LogP contribution in [-0.2, 0) is 9.47 Å². The second-order valence-electron chi connectivity index (χ2n) is 4.14. The average molecular weight is 363 g/mol. The zero-order valence-electron chi connectivity index (χ0n) is 18.6. The van der Waals surface area contributed by atoms with E-state index in [9.17, 15) is 0 Å². The molecule has 1 atom stereocenters. The molecule has 1 unspecified atom stereocenters. The van der Waals surface area contributed by atoms with Crippen molar-refractivity contribution in [1.82, 2.24) is 0 Å². The van der Waals surface area contributed by atoms with E-state index in [4.69, 9.17) is 9.47 Å². The third kappa shape index (κ3) is 17.2.